The van der Waals surface area contributed by atoms with Gasteiger partial charge in [-0.2, -0.15) is 0 Å². The quantitative estimate of drug-likeness (QED) is 0.708. The molecule has 3 nitrogen and oxygen atoms in total. The van der Waals surface area contributed by atoms with E-state index in [1.54, 1.807) is 12.1 Å². The Morgan fingerprint density at radius 3 is 2.64 bits per heavy atom. The Labute approximate surface area is 130 Å². The average Bonchev–Trinajstić information content (AvgIpc) is 2.55. The number of fused-ring (bicyclic) bond motifs is 5. The highest BCUT2D eigenvalue weighted by atomic mass is 16.3. The SMILES string of the molecule is CCc1ccc2c(c1)[C@@H]1c3cc(O)c(O)cc3CC[C@H]1NC2. The van der Waals surface area contributed by atoms with E-state index in [-0.39, 0.29) is 17.4 Å². The summed E-state index contributed by atoms with van der Waals surface area (Å²) in [6.07, 6.45) is 3.05. The normalized spacial score (nSPS) is 22.6. The number of aromatic hydroxyl groups is 2. The fraction of sp³-hybridized carbons (Fsp3) is 0.368. The molecule has 2 aromatic rings. The second-order valence-corrected chi connectivity index (χ2v) is 6.43. The molecule has 4 rings (SSSR count). The zero-order chi connectivity index (χ0) is 15.3. The molecular weight excluding hydrogens is 274 g/mol. The van der Waals surface area contributed by atoms with Crippen LogP contribution in [0.4, 0.5) is 0 Å². The van der Waals surface area contributed by atoms with Gasteiger partial charge < -0.3 is 15.5 Å². The van der Waals surface area contributed by atoms with E-state index in [1.807, 2.05) is 0 Å². The van der Waals surface area contributed by atoms with Crippen LogP contribution in [0, 0.1) is 0 Å². The molecule has 3 N–H and O–H groups in total. The van der Waals surface area contributed by atoms with Gasteiger partial charge in [-0.1, -0.05) is 25.1 Å². The van der Waals surface area contributed by atoms with E-state index in [0.29, 0.717) is 6.04 Å². The molecule has 2 aliphatic rings. The van der Waals surface area contributed by atoms with E-state index in [4.69, 9.17) is 0 Å². The molecular formula is C19H21NO2. The highest BCUT2D eigenvalue weighted by Gasteiger charge is 2.35. The number of phenols is 2. The van der Waals surface area contributed by atoms with Gasteiger partial charge in [0.15, 0.2) is 11.5 Å². The third kappa shape index (κ3) is 2.00. The monoisotopic (exact) mass is 295 g/mol. The topological polar surface area (TPSA) is 52.5 Å². The number of rotatable bonds is 1. The molecule has 0 aromatic heterocycles. The van der Waals surface area contributed by atoms with Gasteiger partial charge in [0.2, 0.25) is 0 Å². The fourth-order valence-corrected chi connectivity index (χ4v) is 4.00. The van der Waals surface area contributed by atoms with Crippen LogP contribution in [-0.4, -0.2) is 16.3 Å². The van der Waals surface area contributed by atoms with Crippen molar-refractivity contribution in [2.24, 2.45) is 0 Å². The highest BCUT2D eigenvalue weighted by molar-refractivity contribution is 5.53. The molecule has 114 valence electrons. The minimum Gasteiger partial charge on any atom is -0.504 e. The standard InChI is InChI=1S/C19H21NO2/c1-2-11-3-4-13-10-20-16-6-5-12-8-17(21)18(22)9-15(12)19(16)14(13)7-11/h3-4,7-9,16,19-22H,2,5-6,10H2,1H3/t16-,19-/m1/s1. The van der Waals surface area contributed by atoms with Crippen molar-refractivity contribution >= 4 is 0 Å². The Balaban J connectivity index is 1.90. The van der Waals surface area contributed by atoms with Gasteiger partial charge >= 0.3 is 0 Å². The van der Waals surface area contributed by atoms with Crippen molar-refractivity contribution < 1.29 is 10.2 Å². The van der Waals surface area contributed by atoms with E-state index < -0.39 is 0 Å². The predicted octanol–water partition coefficient (Wildman–Crippen LogP) is 3.21. The number of nitrogens with one attached hydrogen (secondary N) is 1. The van der Waals surface area contributed by atoms with Crippen molar-refractivity contribution in [1.82, 2.24) is 5.32 Å². The Morgan fingerprint density at radius 2 is 1.82 bits per heavy atom. The maximum atomic E-state index is 9.94. The molecule has 0 radical (unpaired) electrons. The Bertz CT molecular complexity index is 738. The molecule has 22 heavy (non-hydrogen) atoms. The van der Waals surface area contributed by atoms with E-state index in [2.05, 4.69) is 30.4 Å². The number of hydrogen-bond donors (Lipinski definition) is 3. The van der Waals surface area contributed by atoms with Crippen LogP contribution >= 0.6 is 0 Å². The van der Waals surface area contributed by atoms with Crippen LogP contribution in [0.3, 0.4) is 0 Å². The first-order valence-electron chi connectivity index (χ1n) is 8.07. The van der Waals surface area contributed by atoms with Crippen molar-refractivity contribution in [3.05, 3.63) is 58.1 Å². The Kier molecular flexibility index (Phi) is 3.12. The van der Waals surface area contributed by atoms with Crippen LogP contribution in [0.5, 0.6) is 11.5 Å². The van der Waals surface area contributed by atoms with Crippen molar-refractivity contribution in [2.45, 2.75) is 44.7 Å². The summed E-state index contributed by atoms with van der Waals surface area (Å²) in [5.41, 5.74) is 6.41. The first-order valence-corrected chi connectivity index (χ1v) is 8.07. The van der Waals surface area contributed by atoms with E-state index in [1.165, 1.54) is 16.7 Å². The Morgan fingerprint density at radius 1 is 1.05 bits per heavy atom. The third-order valence-electron chi connectivity index (χ3n) is 5.21. The van der Waals surface area contributed by atoms with Gasteiger partial charge in [-0.05, 0) is 59.2 Å². The molecule has 2 aromatic carbocycles. The van der Waals surface area contributed by atoms with Gasteiger partial charge in [0.05, 0.1) is 0 Å². The second kappa shape index (κ2) is 5.03. The maximum Gasteiger partial charge on any atom is 0.157 e. The summed E-state index contributed by atoms with van der Waals surface area (Å²) in [7, 11) is 0. The zero-order valence-electron chi connectivity index (χ0n) is 12.8. The average molecular weight is 295 g/mol. The molecule has 1 heterocycles. The van der Waals surface area contributed by atoms with E-state index in [0.717, 1.165) is 36.9 Å². The zero-order valence-corrected chi connectivity index (χ0v) is 12.8. The molecule has 0 saturated carbocycles. The van der Waals surface area contributed by atoms with Gasteiger partial charge in [0.25, 0.3) is 0 Å². The van der Waals surface area contributed by atoms with E-state index in [9.17, 15) is 10.2 Å². The third-order valence-corrected chi connectivity index (χ3v) is 5.21. The van der Waals surface area contributed by atoms with Gasteiger partial charge in [-0.3, -0.25) is 0 Å². The second-order valence-electron chi connectivity index (χ2n) is 6.43. The molecule has 0 fully saturated rings. The van der Waals surface area contributed by atoms with Crippen LogP contribution in [-0.2, 0) is 19.4 Å². The molecule has 0 unspecified atom stereocenters. The fourth-order valence-electron chi connectivity index (χ4n) is 4.00. The summed E-state index contributed by atoms with van der Waals surface area (Å²) in [5, 5.41) is 23.4. The molecule has 0 saturated heterocycles. The van der Waals surface area contributed by atoms with Crippen molar-refractivity contribution in [3.8, 4) is 11.5 Å². The molecule has 0 spiro atoms. The summed E-state index contributed by atoms with van der Waals surface area (Å²) in [6, 6.07) is 10.7. The lowest BCUT2D eigenvalue weighted by molar-refractivity contribution is 0.380. The lowest BCUT2D eigenvalue weighted by Gasteiger charge is -2.39. The number of hydrogen-bond acceptors (Lipinski definition) is 3. The first kappa shape index (κ1) is 13.6. The number of aryl methyl sites for hydroxylation is 2. The van der Waals surface area contributed by atoms with Crippen LogP contribution in [0.1, 0.15) is 47.1 Å². The summed E-state index contributed by atoms with van der Waals surface area (Å²) in [5.74, 6) is 0.243. The van der Waals surface area contributed by atoms with Crippen molar-refractivity contribution in [3.63, 3.8) is 0 Å². The predicted molar refractivity (Wildman–Crippen MR) is 86.4 cm³/mol. The van der Waals surface area contributed by atoms with Gasteiger partial charge in [-0.25, -0.2) is 0 Å². The molecule has 0 amide bonds. The number of benzene rings is 2. The molecule has 1 aliphatic heterocycles. The van der Waals surface area contributed by atoms with Crippen LogP contribution < -0.4 is 5.32 Å². The number of phenolic OH excluding ortho intramolecular Hbond substituents is 2. The minimum absolute atomic E-state index is 0.0106. The molecule has 1 aliphatic carbocycles. The highest BCUT2D eigenvalue weighted by Crippen LogP contribution is 2.44. The summed E-state index contributed by atoms with van der Waals surface area (Å²) in [6.45, 7) is 3.10. The summed E-state index contributed by atoms with van der Waals surface area (Å²) in [4.78, 5) is 0. The molecule has 3 heteroatoms. The van der Waals surface area contributed by atoms with E-state index >= 15 is 0 Å². The van der Waals surface area contributed by atoms with Gasteiger partial charge in [0, 0.05) is 18.5 Å². The first-order chi connectivity index (χ1) is 10.7. The summed E-state index contributed by atoms with van der Waals surface area (Å²) >= 11 is 0. The van der Waals surface area contributed by atoms with Crippen molar-refractivity contribution in [2.75, 3.05) is 0 Å². The van der Waals surface area contributed by atoms with Gasteiger partial charge in [-0.15, -0.1) is 0 Å². The molecule has 0 bridgehead atoms. The van der Waals surface area contributed by atoms with Crippen molar-refractivity contribution in [1.29, 1.82) is 0 Å². The van der Waals surface area contributed by atoms with Crippen LogP contribution in [0.2, 0.25) is 0 Å². The Hall–Kier alpha value is -2.00. The maximum absolute atomic E-state index is 9.94. The van der Waals surface area contributed by atoms with Gasteiger partial charge in [0.1, 0.15) is 0 Å². The summed E-state index contributed by atoms with van der Waals surface area (Å²) < 4.78 is 0. The lowest BCUT2D eigenvalue weighted by atomic mass is 9.72. The van der Waals surface area contributed by atoms with Crippen LogP contribution in [0.25, 0.3) is 0 Å². The molecule has 2 atom stereocenters. The minimum atomic E-state index is -0.0156. The van der Waals surface area contributed by atoms with Crippen LogP contribution in [0.15, 0.2) is 30.3 Å². The largest absolute Gasteiger partial charge is 0.504 e. The smallest absolute Gasteiger partial charge is 0.157 e. The lowest BCUT2D eigenvalue weighted by Crippen LogP contribution is -2.42.